The number of amides is 1. The topological polar surface area (TPSA) is 33.2 Å². The zero-order chi connectivity index (χ0) is 9.84. The van der Waals surface area contributed by atoms with E-state index in [1.807, 2.05) is 12.3 Å². The Morgan fingerprint density at radius 3 is 2.85 bits per heavy atom. The first-order valence-electron chi connectivity index (χ1n) is 3.97. The van der Waals surface area contributed by atoms with Gasteiger partial charge in [0.25, 0.3) is 0 Å². The maximum Gasteiger partial charge on any atom is 0.225 e. The van der Waals surface area contributed by atoms with Gasteiger partial charge in [-0.2, -0.15) is 0 Å². The summed E-state index contributed by atoms with van der Waals surface area (Å²) in [6, 6.07) is 0. The summed E-state index contributed by atoms with van der Waals surface area (Å²) >= 11 is 3.78. The van der Waals surface area contributed by atoms with Gasteiger partial charge in [-0.15, -0.1) is 11.3 Å². The molecule has 0 fully saturated rings. The Kier molecular flexibility index (Phi) is 4.11. The largest absolute Gasteiger partial charge is 0.289 e. The van der Waals surface area contributed by atoms with E-state index in [9.17, 15) is 4.79 Å². The fourth-order valence-corrected chi connectivity index (χ4v) is 2.60. The smallest absolute Gasteiger partial charge is 0.225 e. The summed E-state index contributed by atoms with van der Waals surface area (Å²) in [6.07, 6.45) is 0. The third-order valence-electron chi connectivity index (χ3n) is 1.60. The molecule has 0 N–H and O–H groups in total. The maximum atomic E-state index is 11.2. The molecule has 1 amide bonds. The first kappa shape index (κ1) is 10.9. The van der Waals surface area contributed by atoms with Crippen LogP contribution in [0.5, 0.6) is 0 Å². The summed E-state index contributed by atoms with van der Waals surface area (Å²) < 4.78 is 0.893. The normalized spacial score (nSPS) is 10.1. The van der Waals surface area contributed by atoms with Gasteiger partial charge in [-0.25, -0.2) is 4.98 Å². The Labute approximate surface area is 95.3 Å². The van der Waals surface area contributed by atoms with Crippen LogP contribution in [0.25, 0.3) is 0 Å². The number of anilines is 1. The van der Waals surface area contributed by atoms with Crippen molar-refractivity contribution in [2.75, 3.05) is 11.4 Å². The number of thiazole rings is 1. The highest BCUT2D eigenvalue weighted by Crippen LogP contribution is 2.21. The Morgan fingerprint density at radius 2 is 2.46 bits per heavy atom. The highest BCUT2D eigenvalue weighted by Gasteiger charge is 2.12. The van der Waals surface area contributed by atoms with Gasteiger partial charge in [0.05, 0.1) is 5.69 Å². The Hall–Kier alpha value is -0.170. The molecule has 0 aliphatic carbocycles. The first-order valence-corrected chi connectivity index (χ1v) is 6.38. The zero-order valence-corrected chi connectivity index (χ0v) is 10.6. The molecule has 0 saturated heterocycles. The molecule has 1 rings (SSSR count). The number of hydrogen-bond donors (Lipinski definition) is 0. The molecule has 0 radical (unpaired) electrons. The molecule has 0 saturated carbocycles. The summed E-state index contributed by atoms with van der Waals surface area (Å²) in [5.74, 6) is 0.0526. The van der Waals surface area contributed by atoms with Gasteiger partial charge in [0.1, 0.15) is 0 Å². The molecule has 0 spiro atoms. The highest BCUT2D eigenvalue weighted by atomic mass is 127. The number of alkyl halides is 1. The molecule has 0 aromatic carbocycles. The van der Waals surface area contributed by atoms with Crippen LogP contribution in [-0.2, 0) is 9.22 Å². The summed E-state index contributed by atoms with van der Waals surface area (Å²) in [5.41, 5.74) is 1.04. The van der Waals surface area contributed by atoms with Gasteiger partial charge in [0.2, 0.25) is 5.91 Å². The fraction of sp³-hybridized carbons (Fsp3) is 0.500. The summed E-state index contributed by atoms with van der Waals surface area (Å²) in [5, 5.41) is 2.80. The van der Waals surface area contributed by atoms with Crippen molar-refractivity contribution in [1.82, 2.24) is 4.98 Å². The summed E-state index contributed by atoms with van der Waals surface area (Å²) in [7, 11) is 0. The molecular weight excluding hydrogens is 299 g/mol. The van der Waals surface area contributed by atoms with Crippen molar-refractivity contribution in [3.8, 4) is 0 Å². The predicted molar refractivity (Wildman–Crippen MR) is 63.5 cm³/mol. The zero-order valence-electron chi connectivity index (χ0n) is 7.58. The van der Waals surface area contributed by atoms with E-state index < -0.39 is 0 Å². The Balaban J connectivity index is 2.85. The lowest BCUT2D eigenvalue weighted by Gasteiger charge is -2.14. The van der Waals surface area contributed by atoms with Crippen molar-refractivity contribution in [3.63, 3.8) is 0 Å². The van der Waals surface area contributed by atoms with Crippen molar-refractivity contribution in [1.29, 1.82) is 0 Å². The molecule has 0 atom stereocenters. The average molecular weight is 310 g/mol. The minimum Gasteiger partial charge on any atom is -0.289 e. The van der Waals surface area contributed by atoms with Crippen LogP contribution < -0.4 is 4.90 Å². The third-order valence-corrected chi connectivity index (χ3v) is 3.30. The van der Waals surface area contributed by atoms with E-state index in [4.69, 9.17) is 0 Å². The van der Waals surface area contributed by atoms with Crippen molar-refractivity contribution in [2.24, 2.45) is 0 Å². The van der Waals surface area contributed by atoms with Crippen LogP contribution in [0.2, 0.25) is 0 Å². The molecule has 1 heterocycles. The van der Waals surface area contributed by atoms with Gasteiger partial charge in [-0.05, 0) is 6.92 Å². The SMILES string of the molecule is CCN(C(C)=O)c1nc(CI)cs1. The van der Waals surface area contributed by atoms with Crippen molar-refractivity contribution in [3.05, 3.63) is 11.1 Å². The van der Waals surface area contributed by atoms with Crippen LogP contribution in [-0.4, -0.2) is 17.4 Å². The van der Waals surface area contributed by atoms with Crippen LogP contribution in [0.15, 0.2) is 5.38 Å². The number of rotatable bonds is 3. The first-order chi connectivity index (χ1) is 6.19. The second-order valence-corrected chi connectivity index (χ2v) is 4.12. The quantitative estimate of drug-likeness (QED) is 0.635. The predicted octanol–water partition coefficient (Wildman–Crippen LogP) is 2.45. The highest BCUT2D eigenvalue weighted by molar-refractivity contribution is 14.1. The van der Waals surface area contributed by atoms with Gasteiger partial charge < -0.3 is 0 Å². The van der Waals surface area contributed by atoms with Crippen LogP contribution in [0, 0.1) is 0 Å². The lowest BCUT2D eigenvalue weighted by atomic mass is 10.5. The number of carbonyl (C=O) groups excluding carboxylic acids is 1. The van der Waals surface area contributed by atoms with Crippen molar-refractivity contribution >= 4 is 45.0 Å². The molecule has 5 heteroatoms. The molecule has 0 aliphatic heterocycles. The lowest BCUT2D eigenvalue weighted by molar-refractivity contribution is -0.116. The molecule has 72 valence electrons. The summed E-state index contributed by atoms with van der Waals surface area (Å²) in [6.45, 7) is 4.20. The number of hydrogen-bond acceptors (Lipinski definition) is 3. The van der Waals surface area contributed by atoms with Crippen molar-refractivity contribution in [2.45, 2.75) is 18.3 Å². The van der Waals surface area contributed by atoms with E-state index in [1.165, 1.54) is 11.3 Å². The monoisotopic (exact) mass is 310 g/mol. The van der Waals surface area contributed by atoms with Crippen LogP contribution in [0.4, 0.5) is 5.13 Å². The number of halogens is 1. The molecule has 0 unspecified atom stereocenters. The molecule has 13 heavy (non-hydrogen) atoms. The average Bonchev–Trinajstić information content (AvgIpc) is 2.53. The third kappa shape index (κ3) is 2.63. The van der Waals surface area contributed by atoms with Gasteiger partial charge in [0.15, 0.2) is 5.13 Å². The summed E-state index contributed by atoms with van der Waals surface area (Å²) in [4.78, 5) is 17.2. The minimum atomic E-state index is 0.0526. The van der Waals surface area contributed by atoms with Gasteiger partial charge in [-0.3, -0.25) is 9.69 Å². The van der Waals surface area contributed by atoms with E-state index in [1.54, 1.807) is 11.8 Å². The number of carbonyl (C=O) groups is 1. The number of aromatic nitrogens is 1. The van der Waals surface area contributed by atoms with E-state index in [-0.39, 0.29) is 5.91 Å². The molecule has 3 nitrogen and oxygen atoms in total. The molecule has 1 aromatic heterocycles. The van der Waals surface area contributed by atoms with Gasteiger partial charge >= 0.3 is 0 Å². The Morgan fingerprint density at radius 1 is 1.77 bits per heavy atom. The Bertz CT molecular complexity index is 300. The van der Waals surface area contributed by atoms with Gasteiger partial charge in [0, 0.05) is 23.3 Å². The fourth-order valence-electron chi connectivity index (χ4n) is 0.974. The van der Waals surface area contributed by atoms with Crippen LogP contribution in [0.1, 0.15) is 19.5 Å². The van der Waals surface area contributed by atoms with E-state index in [2.05, 4.69) is 27.6 Å². The molecule has 0 bridgehead atoms. The van der Waals surface area contributed by atoms with Gasteiger partial charge in [-0.1, -0.05) is 22.6 Å². The maximum absolute atomic E-state index is 11.2. The number of nitrogens with zero attached hydrogens (tertiary/aromatic N) is 2. The second kappa shape index (κ2) is 4.90. The minimum absolute atomic E-state index is 0.0526. The van der Waals surface area contributed by atoms with Crippen molar-refractivity contribution < 1.29 is 4.79 Å². The van der Waals surface area contributed by atoms with Crippen LogP contribution >= 0.6 is 33.9 Å². The molecule has 0 aliphatic rings. The molecular formula is C8H11IN2OS. The van der Waals surface area contributed by atoms with E-state index in [0.717, 1.165) is 15.3 Å². The molecule has 1 aromatic rings. The second-order valence-electron chi connectivity index (χ2n) is 2.52. The van der Waals surface area contributed by atoms with E-state index in [0.29, 0.717) is 6.54 Å². The van der Waals surface area contributed by atoms with E-state index >= 15 is 0 Å². The lowest BCUT2D eigenvalue weighted by Crippen LogP contribution is -2.27. The van der Waals surface area contributed by atoms with Crippen LogP contribution in [0.3, 0.4) is 0 Å². The standard InChI is InChI=1S/C8H11IN2OS/c1-3-11(6(2)12)8-10-7(4-9)5-13-8/h5H,3-4H2,1-2H3.